The minimum absolute atomic E-state index is 0.119. The molecule has 0 heterocycles. The highest BCUT2D eigenvalue weighted by molar-refractivity contribution is 5.82. The van der Waals surface area contributed by atoms with E-state index >= 15 is 0 Å². The second kappa shape index (κ2) is 7.00. The summed E-state index contributed by atoms with van der Waals surface area (Å²) in [4.78, 5) is 12.3. The molecule has 3 N–H and O–H groups in total. The van der Waals surface area contributed by atoms with Crippen LogP contribution in [0.25, 0.3) is 0 Å². The molecule has 0 aromatic rings. The summed E-state index contributed by atoms with van der Waals surface area (Å²) in [6, 6.07) is 0. The number of hydrogen-bond acceptors (Lipinski definition) is 2. The third-order valence-electron chi connectivity index (χ3n) is 3.11. The zero-order valence-electron chi connectivity index (χ0n) is 12.2. The topological polar surface area (TPSA) is 55.1 Å². The number of carbonyl (C=O) groups excluding carboxylic acids is 1. The average Bonchev–Trinajstić information content (AvgIpc) is 2.24. The fourth-order valence-electron chi connectivity index (χ4n) is 2.14. The second-order valence-corrected chi connectivity index (χ2v) is 6.23. The van der Waals surface area contributed by atoms with Crippen LogP contribution in [0, 0.1) is 10.8 Å². The van der Waals surface area contributed by atoms with Crippen molar-refractivity contribution in [1.82, 2.24) is 5.32 Å². The van der Waals surface area contributed by atoms with E-state index in [1.165, 1.54) is 0 Å². The summed E-state index contributed by atoms with van der Waals surface area (Å²) in [5.74, 6) is 0.138. The fraction of sp³-hybridized carbons (Fsp3) is 0.929. The van der Waals surface area contributed by atoms with Crippen molar-refractivity contribution in [3.8, 4) is 0 Å². The van der Waals surface area contributed by atoms with Crippen molar-refractivity contribution < 1.29 is 4.79 Å². The smallest absolute Gasteiger partial charge is 0.227 e. The number of rotatable bonds is 7. The predicted molar refractivity (Wildman–Crippen MR) is 73.8 cm³/mol. The molecule has 17 heavy (non-hydrogen) atoms. The monoisotopic (exact) mass is 242 g/mol. The molecule has 0 unspecified atom stereocenters. The minimum Gasteiger partial charge on any atom is -0.355 e. The van der Waals surface area contributed by atoms with E-state index in [1.54, 1.807) is 0 Å². The molecular weight excluding hydrogens is 212 g/mol. The Hall–Kier alpha value is -0.570. The van der Waals surface area contributed by atoms with Crippen LogP contribution in [0.5, 0.6) is 0 Å². The van der Waals surface area contributed by atoms with Gasteiger partial charge in [0.2, 0.25) is 5.91 Å². The van der Waals surface area contributed by atoms with Crippen molar-refractivity contribution in [3.63, 3.8) is 0 Å². The summed E-state index contributed by atoms with van der Waals surface area (Å²) in [6.07, 6.45) is 3.76. The quantitative estimate of drug-likeness (QED) is 0.721. The van der Waals surface area contributed by atoms with Crippen LogP contribution < -0.4 is 11.1 Å². The fourth-order valence-corrected chi connectivity index (χ4v) is 2.14. The predicted octanol–water partition coefficient (Wildman–Crippen LogP) is 2.69. The zero-order valence-corrected chi connectivity index (χ0v) is 12.2. The molecular formula is C14H30N2O. The van der Waals surface area contributed by atoms with Crippen molar-refractivity contribution in [2.45, 2.75) is 60.3 Å². The maximum absolute atomic E-state index is 12.3. The maximum atomic E-state index is 12.3. The number of carbonyl (C=O) groups is 1. The summed E-state index contributed by atoms with van der Waals surface area (Å²) in [7, 11) is 0. The zero-order chi connectivity index (χ0) is 13.5. The lowest BCUT2D eigenvalue weighted by Crippen LogP contribution is -2.47. The SMILES string of the molecule is CCCC(CN)(CCC)C(=O)NCC(C)(C)C. The maximum Gasteiger partial charge on any atom is 0.227 e. The van der Waals surface area contributed by atoms with Crippen molar-refractivity contribution >= 4 is 5.91 Å². The van der Waals surface area contributed by atoms with Gasteiger partial charge in [0.05, 0.1) is 5.41 Å². The molecule has 0 aliphatic heterocycles. The highest BCUT2D eigenvalue weighted by Gasteiger charge is 2.35. The highest BCUT2D eigenvalue weighted by atomic mass is 16.2. The Morgan fingerprint density at radius 2 is 1.59 bits per heavy atom. The lowest BCUT2D eigenvalue weighted by molar-refractivity contribution is -0.132. The number of amides is 1. The van der Waals surface area contributed by atoms with Gasteiger partial charge >= 0.3 is 0 Å². The lowest BCUT2D eigenvalue weighted by Gasteiger charge is -2.32. The molecule has 0 radical (unpaired) electrons. The first kappa shape index (κ1) is 16.4. The van der Waals surface area contributed by atoms with Crippen LogP contribution in [-0.4, -0.2) is 19.0 Å². The van der Waals surface area contributed by atoms with E-state index in [4.69, 9.17) is 5.73 Å². The number of nitrogens with two attached hydrogens (primary N) is 1. The Bertz CT molecular complexity index is 225. The third kappa shape index (κ3) is 5.53. The van der Waals surface area contributed by atoms with Crippen LogP contribution in [0.3, 0.4) is 0 Å². The summed E-state index contributed by atoms with van der Waals surface area (Å²) in [5, 5.41) is 3.07. The van der Waals surface area contributed by atoms with Gasteiger partial charge in [-0.1, -0.05) is 47.5 Å². The van der Waals surface area contributed by atoms with Crippen LogP contribution in [-0.2, 0) is 4.79 Å². The van der Waals surface area contributed by atoms with Gasteiger partial charge in [-0.2, -0.15) is 0 Å². The molecule has 0 atom stereocenters. The first-order chi connectivity index (χ1) is 7.81. The van der Waals surface area contributed by atoms with E-state index < -0.39 is 0 Å². The van der Waals surface area contributed by atoms with E-state index in [0.717, 1.165) is 25.7 Å². The van der Waals surface area contributed by atoms with Crippen molar-refractivity contribution in [2.24, 2.45) is 16.6 Å². The second-order valence-electron chi connectivity index (χ2n) is 6.23. The molecule has 0 saturated carbocycles. The van der Waals surface area contributed by atoms with E-state index in [-0.39, 0.29) is 16.7 Å². The Morgan fingerprint density at radius 3 is 1.88 bits per heavy atom. The molecule has 3 nitrogen and oxygen atoms in total. The van der Waals surface area contributed by atoms with Crippen LogP contribution in [0.4, 0.5) is 0 Å². The molecule has 0 saturated heterocycles. The van der Waals surface area contributed by atoms with Crippen LogP contribution in [0.2, 0.25) is 0 Å². The van der Waals surface area contributed by atoms with Gasteiger partial charge in [0, 0.05) is 13.1 Å². The largest absolute Gasteiger partial charge is 0.355 e. The summed E-state index contributed by atoms with van der Waals surface area (Å²) < 4.78 is 0. The molecule has 3 heteroatoms. The van der Waals surface area contributed by atoms with Crippen LogP contribution >= 0.6 is 0 Å². The Morgan fingerprint density at radius 1 is 1.12 bits per heavy atom. The number of hydrogen-bond donors (Lipinski definition) is 2. The molecule has 102 valence electrons. The van der Waals surface area contributed by atoms with Gasteiger partial charge in [-0.15, -0.1) is 0 Å². The van der Waals surface area contributed by atoms with Gasteiger partial charge in [-0.05, 0) is 18.3 Å². The van der Waals surface area contributed by atoms with Crippen LogP contribution in [0.1, 0.15) is 60.3 Å². The average molecular weight is 242 g/mol. The number of nitrogens with one attached hydrogen (secondary N) is 1. The Labute approximate surface area is 107 Å². The minimum atomic E-state index is -0.352. The molecule has 0 spiro atoms. The van der Waals surface area contributed by atoms with Gasteiger partial charge in [-0.3, -0.25) is 4.79 Å². The van der Waals surface area contributed by atoms with Crippen molar-refractivity contribution in [1.29, 1.82) is 0 Å². The van der Waals surface area contributed by atoms with Crippen molar-refractivity contribution in [2.75, 3.05) is 13.1 Å². The van der Waals surface area contributed by atoms with Crippen molar-refractivity contribution in [3.05, 3.63) is 0 Å². The lowest BCUT2D eigenvalue weighted by atomic mass is 9.78. The molecule has 0 aromatic carbocycles. The molecule has 1 amide bonds. The molecule has 0 aliphatic rings. The summed E-state index contributed by atoms with van der Waals surface area (Å²) >= 11 is 0. The first-order valence-corrected chi connectivity index (χ1v) is 6.79. The Kier molecular flexibility index (Phi) is 6.76. The molecule has 0 aliphatic carbocycles. The van der Waals surface area contributed by atoms with Gasteiger partial charge in [-0.25, -0.2) is 0 Å². The van der Waals surface area contributed by atoms with Gasteiger partial charge < -0.3 is 11.1 Å². The summed E-state index contributed by atoms with van der Waals surface area (Å²) in [6.45, 7) is 11.7. The van der Waals surface area contributed by atoms with E-state index in [9.17, 15) is 4.79 Å². The van der Waals surface area contributed by atoms with Gasteiger partial charge in [0.25, 0.3) is 0 Å². The third-order valence-corrected chi connectivity index (χ3v) is 3.11. The molecule has 0 rings (SSSR count). The summed E-state index contributed by atoms with van der Waals surface area (Å²) in [5.41, 5.74) is 5.63. The van der Waals surface area contributed by atoms with Gasteiger partial charge in [0.15, 0.2) is 0 Å². The van der Waals surface area contributed by atoms with Crippen LogP contribution in [0.15, 0.2) is 0 Å². The van der Waals surface area contributed by atoms with E-state index in [1.807, 2.05) is 0 Å². The van der Waals surface area contributed by atoms with E-state index in [0.29, 0.717) is 13.1 Å². The highest BCUT2D eigenvalue weighted by Crippen LogP contribution is 2.29. The standard InChI is InChI=1S/C14H30N2O/c1-6-8-14(10-15,9-7-2)12(17)16-11-13(3,4)5/h6-11,15H2,1-5H3,(H,16,17). The normalized spacial score (nSPS) is 12.6. The molecule has 0 bridgehead atoms. The molecule has 0 aromatic heterocycles. The van der Waals surface area contributed by atoms with E-state index in [2.05, 4.69) is 39.9 Å². The Balaban J connectivity index is 4.62. The molecule has 0 fully saturated rings. The van der Waals surface area contributed by atoms with Gasteiger partial charge in [0.1, 0.15) is 0 Å². The first-order valence-electron chi connectivity index (χ1n) is 6.79.